The Labute approximate surface area is 209 Å². The number of hydrogen-bond donors (Lipinski definition) is 3. The molecule has 2 amide bonds. The number of aromatic carboxylic acids is 1. The second-order valence-electron chi connectivity index (χ2n) is 10.1. The molecule has 0 unspecified atom stereocenters. The van der Waals surface area contributed by atoms with E-state index in [-0.39, 0.29) is 17.9 Å². The fourth-order valence-electron chi connectivity index (χ4n) is 4.48. The van der Waals surface area contributed by atoms with Gasteiger partial charge in [0.05, 0.1) is 6.54 Å². The first kappa shape index (κ1) is 23.9. The second-order valence-corrected chi connectivity index (χ2v) is 11.3. The van der Waals surface area contributed by atoms with E-state index in [1.165, 1.54) is 15.9 Å². The van der Waals surface area contributed by atoms with E-state index < -0.39 is 34.8 Å². The summed E-state index contributed by atoms with van der Waals surface area (Å²) in [5.41, 5.74) is -2.09. The Hall–Kier alpha value is -3.80. The average molecular weight is 512 g/mol. The summed E-state index contributed by atoms with van der Waals surface area (Å²) < 4.78 is 7.38. The Bertz CT molecular complexity index is 1470. The van der Waals surface area contributed by atoms with E-state index in [9.17, 15) is 24.3 Å². The summed E-state index contributed by atoms with van der Waals surface area (Å²) in [5.74, 6) is -0.865. The third kappa shape index (κ3) is 4.43. The van der Waals surface area contributed by atoms with Gasteiger partial charge >= 0.3 is 12.1 Å². The number of carbonyl (C=O) groups is 3. The Morgan fingerprint density at radius 1 is 1.22 bits per heavy atom. The molecule has 1 aliphatic carbocycles. The molecule has 4 heterocycles. The number of amides is 2. The maximum Gasteiger partial charge on any atom is 0.413 e. The van der Waals surface area contributed by atoms with Crippen LogP contribution in [0.15, 0.2) is 29.3 Å². The molecule has 36 heavy (non-hydrogen) atoms. The van der Waals surface area contributed by atoms with Crippen LogP contribution < -0.4 is 16.2 Å². The lowest BCUT2D eigenvalue weighted by Gasteiger charge is -2.19. The van der Waals surface area contributed by atoms with Crippen LogP contribution in [0.25, 0.3) is 10.1 Å². The first-order valence-electron chi connectivity index (χ1n) is 11.5. The number of rotatable bonds is 5. The molecule has 3 aromatic rings. The minimum atomic E-state index is -1.36. The molecule has 2 aliphatic rings. The molecule has 3 N–H and O–H groups in total. The molecule has 1 atom stereocenters. The van der Waals surface area contributed by atoms with Gasteiger partial charge in [-0.3, -0.25) is 19.5 Å². The lowest BCUT2D eigenvalue weighted by atomic mass is 10.0. The predicted molar refractivity (Wildman–Crippen MR) is 131 cm³/mol. The smallest absolute Gasteiger partial charge is 0.413 e. The van der Waals surface area contributed by atoms with Crippen LogP contribution in [0.2, 0.25) is 0 Å². The van der Waals surface area contributed by atoms with Gasteiger partial charge < -0.3 is 15.2 Å². The first-order chi connectivity index (χ1) is 17.0. The van der Waals surface area contributed by atoms with Crippen LogP contribution in [-0.4, -0.2) is 43.2 Å². The van der Waals surface area contributed by atoms with Crippen molar-refractivity contribution in [2.45, 2.75) is 63.6 Å². The molecule has 12 heteroatoms. The van der Waals surface area contributed by atoms with Crippen LogP contribution in [0.4, 0.5) is 10.6 Å². The number of carbonyl (C=O) groups excluding carboxylic acids is 2. The number of nitrogens with zero attached hydrogens (tertiary/aromatic N) is 3. The zero-order chi connectivity index (χ0) is 25.8. The number of carboxylic acid groups (broad SMARTS) is 1. The number of nitrogens with one attached hydrogen (secondary N) is 2. The highest BCUT2D eigenvalue weighted by Gasteiger charge is 2.56. The van der Waals surface area contributed by atoms with Crippen molar-refractivity contribution < 1.29 is 24.2 Å². The van der Waals surface area contributed by atoms with E-state index in [2.05, 4.69) is 20.6 Å². The van der Waals surface area contributed by atoms with Gasteiger partial charge in [0.1, 0.15) is 28.8 Å². The van der Waals surface area contributed by atoms with Crippen LogP contribution in [-0.2, 0) is 21.5 Å². The highest BCUT2D eigenvalue weighted by Crippen LogP contribution is 2.56. The molecule has 1 saturated carbocycles. The zero-order valence-electron chi connectivity index (χ0n) is 20.0. The average Bonchev–Trinajstić information content (AvgIpc) is 3.32. The molecular weight excluding hydrogens is 486 g/mol. The number of anilines is 1. The van der Waals surface area contributed by atoms with Gasteiger partial charge in [-0.1, -0.05) is 0 Å². The molecule has 1 spiro atoms. The Kier molecular flexibility index (Phi) is 5.58. The van der Waals surface area contributed by atoms with Crippen molar-refractivity contribution in [3.8, 4) is 0 Å². The molecule has 0 bridgehead atoms. The van der Waals surface area contributed by atoms with E-state index in [0.29, 0.717) is 18.1 Å². The molecule has 11 nitrogen and oxygen atoms in total. The van der Waals surface area contributed by atoms with Gasteiger partial charge in [0.25, 0.3) is 5.56 Å². The van der Waals surface area contributed by atoms with Crippen LogP contribution in [0, 0.1) is 0 Å². The fourth-order valence-corrected chi connectivity index (χ4v) is 5.50. The van der Waals surface area contributed by atoms with Crippen molar-refractivity contribution in [1.29, 1.82) is 0 Å². The van der Waals surface area contributed by atoms with E-state index in [1.807, 2.05) is 6.07 Å². The van der Waals surface area contributed by atoms with Crippen molar-refractivity contribution in [2.75, 3.05) is 5.32 Å². The molecule has 0 saturated heterocycles. The first-order valence-corrected chi connectivity index (χ1v) is 12.3. The van der Waals surface area contributed by atoms with E-state index >= 15 is 0 Å². The lowest BCUT2D eigenvalue weighted by molar-refractivity contribution is -0.124. The summed E-state index contributed by atoms with van der Waals surface area (Å²) in [4.78, 5) is 58.7. The number of pyridine rings is 1. The summed E-state index contributed by atoms with van der Waals surface area (Å²) in [7, 11) is 0. The molecule has 3 aromatic heterocycles. The quantitative estimate of drug-likeness (QED) is 0.472. The van der Waals surface area contributed by atoms with Gasteiger partial charge in [-0.15, -0.1) is 11.3 Å². The summed E-state index contributed by atoms with van der Waals surface area (Å²) in [6, 6.07) is 2.83. The topological polar surface area (TPSA) is 153 Å². The molecular formula is C24H25N5O6S. The highest BCUT2D eigenvalue weighted by molar-refractivity contribution is 7.19. The largest absolute Gasteiger partial charge is 0.477 e. The van der Waals surface area contributed by atoms with Crippen LogP contribution in [0.1, 0.15) is 67.1 Å². The van der Waals surface area contributed by atoms with E-state index in [4.69, 9.17) is 4.74 Å². The summed E-state index contributed by atoms with van der Waals surface area (Å²) in [5, 5.41) is 15.7. The van der Waals surface area contributed by atoms with Crippen molar-refractivity contribution in [2.24, 2.45) is 0 Å². The van der Waals surface area contributed by atoms with Gasteiger partial charge in [-0.25, -0.2) is 19.6 Å². The SMILES string of the molecule is CC(C)(C)OC(=O)Nc1cc2sc(CNC(=O)[C@@H]3CC4(CC4)c4ncc(C(=O)O)c(=O)n43)cc2cn1. The van der Waals surface area contributed by atoms with Crippen LogP contribution >= 0.6 is 11.3 Å². The number of carboxylic acids is 1. The van der Waals surface area contributed by atoms with Gasteiger partial charge in [0, 0.05) is 32.8 Å². The summed E-state index contributed by atoms with van der Waals surface area (Å²) >= 11 is 1.44. The summed E-state index contributed by atoms with van der Waals surface area (Å²) in [6.45, 7) is 5.55. The molecule has 1 fully saturated rings. The number of aromatic nitrogens is 3. The molecule has 188 valence electrons. The van der Waals surface area contributed by atoms with Gasteiger partial charge in [0.15, 0.2) is 0 Å². The number of ether oxygens (including phenoxy) is 1. The van der Waals surface area contributed by atoms with Crippen LogP contribution in [0.3, 0.4) is 0 Å². The Balaban J connectivity index is 1.30. The summed E-state index contributed by atoms with van der Waals surface area (Å²) in [6.07, 6.45) is 4.19. The monoisotopic (exact) mass is 511 g/mol. The number of hydrogen-bond acceptors (Lipinski definition) is 8. The normalized spacial score (nSPS) is 17.6. The van der Waals surface area contributed by atoms with Gasteiger partial charge in [0.2, 0.25) is 5.91 Å². The maximum absolute atomic E-state index is 13.1. The van der Waals surface area contributed by atoms with E-state index in [1.54, 1.807) is 33.0 Å². The molecule has 5 rings (SSSR count). The minimum absolute atomic E-state index is 0.229. The van der Waals surface area contributed by atoms with Gasteiger partial charge in [-0.2, -0.15) is 0 Å². The second kappa shape index (κ2) is 8.40. The fraction of sp³-hybridized carbons (Fsp3) is 0.417. The predicted octanol–water partition coefficient (Wildman–Crippen LogP) is 3.19. The third-order valence-electron chi connectivity index (χ3n) is 6.27. The van der Waals surface area contributed by atoms with Crippen molar-refractivity contribution >= 4 is 45.2 Å². The maximum atomic E-state index is 13.1. The molecule has 0 aromatic carbocycles. The number of fused-ring (bicyclic) bond motifs is 3. The molecule has 0 radical (unpaired) electrons. The van der Waals surface area contributed by atoms with Crippen LogP contribution in [0.5, 0.6) is 0 Å². The Morgan fingerprint density at radius 2 is 1.97 bits per heavy atom. The third-order valence-corrected chi connectivity index (χ3v) is 7.37. The number of thiophene rings is 1. The van der Waals surface area contributed by atoms with Crippen molar-refractivity contribution in [1.82, 2.24) is 19.9 Å². The highest BCUT2D eigenvalue weighted by atomic mass is 32.1. The minimum Gasteiger partial charge on any atom is -0.477 e. The van der Waals surface area contributed by atoms with E-state index in [0.717, 1.165) is 34.0 Å². The van der Waals surface area contributed by atoms with Crippen molar-refractivity contribution in [3.05, 3.63) is 51.1 Å². The van der Waals surface area contributed by atoms with Gasteiger partial charge in [-0.05, 0) is 52.2 Å². The lowest BCUT2D eigenvalue weighted by Crippen LogP contribution is -2.37. The van der Waals surface area contributed by atoms with Crippen molar-refractivity contribution in [3.63, 3.8) is 0 Å². The molecule has 1 aliphatic heterocycles. The Morgan fingerprint density at radius 3 is 2.64 bits per heavy atom. The zero-order valence-corrected chi connectivity index (χ0v) is 20.8. The standard InChI is InChI=1S/C24H25N5O6S/c1-23(2,3)35-22(34)28-17-7-16-12(9-25-17)6-13(36-16)10-26-18(30)15-8-24(4-5-24)21-27-11-14(20(32)33)19(31)29(15)21/h6-7,9,11,15H,4-5,8,10H2,1-3H3,(H,26,30)(H,32,33)(H,25,28,34)/t15-/m0/s1.